The number of anilines is 1. The van der Waals surface area contributed by atoms with Crippen LogP contribution in [0.3, 0.4) is 0 Å². The summed E-state index contributed by atoms with van der Waals surface area (Å²) in [6.45, 7) is 4.68. The number of carbonyl (C=O) groups excluding carboxylic acids is 4. The lowest BCUT2D eigenvalue weighted by molar-refractivity contribution is -0.130. The number of carbonyl (C=O) groups is 4. The molecule has 0 aromatic carbocycles. The Morgan fingerprint density at radius 3 is 2.56 bits per heavy atom. The number of fused-ring (bicyclic) bond motifs is 1. The molecule has 2 rings (SSSR count). The number of ether oxygens (including phenoxy) is 1. The second-order valence-electron chi connectivity index (χ2n) is 6.36. The summed E-state index contributed by atoms with van der Waals surface area (Å²) in [5.74, 6) is -1.78. The van der Waals surface area contributed by atoms with Crippen molar-refractivity contribution in [2.24, 2.45) is 0 Å². The lowest BCUT2D eigenvalue weighted by atomic mass is 9.95. The van der Waals surface area contributed by atoms with E-state index in [0.717, 1.165) is 36.1 Å². The maximum Gasteiger partial charge on any atom is 0.341 e. The molecular weight excluding hydrogens is 370 g/mol. The fourth-order valence-electron chi connectivity index (χ4n) is 2.91. The Balaban J connectivity index is 2.03. The summed E-state index contributed by atoms with van der Waals surface area (Å²) in [5, 5.41) is 8.23. The van der Waals surface area contributed by atoms with E-state index in [2.05, 4.69) is 16.0 Å². The highest BCUT2D eigenvalue weighted by Crippen LogP contribution is 2.38. The van der Waals surface area contributed by atoms with Gasteiger partial charge in [-0.1, -0.05) is 0 Å². The predicted octanol–water partition coefficient (Wildman–Crippen LogP) is 1.38. The zero-order valence-electron chi connectivity index (χ0n) is 15.8. The number of amides is 3. The van der Waals surface area contributed by atoms with Gasteiger partial charge in [0.1, 0.15) is 11.0 Å². The first-order valence-electron chi connectivity index (χ1n) is 8.99. The average molecular weight is 395 g/mol. The molecule has 0 radical (unpaired) electrons. The molecule has 0 saturated heterocycles. The van der Waals surface area contributed by atoms with E-state index in [4.69, 9.17) is 4.74 Å². The third kappa shape index (κ3) is 5.53. The van der Waals surface area contributed by atoms with E-state index >= 15 is 0 Å². The van der Waals surface area contributed by atoms with E-state index in [1.807, 2.05) is 0 Å². The molecule has 0 spiro atoms. The highest BCUT2D eigenvalue weighted by Gasteiger charge is 2.27. The molecule has 0 unspecified atom stereocenters. The largest absolute Gasteiger partial charge is 0.452 e. The molecule has 3 amide bonds. The van der Waals surface area contributed by atoms with Crippen molar-refractivity contribution in [3.05, 3.63) is 16.0 Å². The Morgan fingerprint density at radius 2 is 1.89 bits per heavy atom. The van der Waals surface area contributed by atoms with E-state index in [1.54, 1.807) is 13.8 Å². The van der Waals surface area contributed by atoms with Gasteiger partial charge in [0.15, 0.2) is 6.61 Å². The van der Waals surface area contributed by atoms with Gasteiger partial charge < -0.3 is 20.7 Å². The Labute approximate surface area is 162 Å². The normalized spacial score (nSPS) is 13.9. The number of hydrogen-bond acceptors (Lipinski definition) is 6. The van der Waals surface area contributed by atoms with Gasteiger partial charge >= 0.3 is 5.97 Å². The van der Waals surface area contributed by atoms with Gasteiger partial charge in [-0.15, -0.1) is 11.3 Å². The highest BCUT2D eigenvalue weighted by molar-refractivity contribution is 7.17. The summed E-state index contributed by atoms with van der Waals surface area (Å²) >= 11 is 1.39. The van der Waals surface area contributed by atoms with Crippen LogP contribution in [0, 0.1) is 0 Å². The van der Waals surface area contributed by atoms with Gasteiger partial charge in [0, 0.05) is 18.3 Å². The molecule has 27 heavy (non-hydrogen) atoms. The molecule has 148 valence electrons. The van der Waals surface area contributed by atoms with Gasteiger partial charge in [0.05, 0.1) is 5.56 Å². The van der Waals surface area contributed by atoms with Crippen LogP contribution in [-0.4, -0.2) is 42.9 Å². The van der Waals surface area contributed by atoms with Gasteiger partial charge in [0.2, 0.25) is 11.8 Å². The van der Waals surface area contributed by atoms with E-state index in [0.29, 0.717) is 17.1 Å². The number of esters is 1. The van der Waals surface area contributed by atoms with E-state index in [-0.39, 0.29) is 11.8 Å². The lowest BCUT2D eigenvalue weighted by Crippen LogP contribution is -2.46. The first-order chi connectivity index (χ1) is 12.8. The highest BCUT2D eigenvalue weighted by atomic mass is 32.1. The summed E-state index contributed by atoms with van der Waals surface area (Å²) in [7, 11) is 0. The summed E-state index contributed by atoms with van der Waals surface area (Å²) in [4.78, 5) is 48.7. The minimum atomic E-state index is -0.722. The molecule has 9 heteroatoms. The van der Waals surface area contributed by atoms with Crippen molar-refractivity contribution in [1.82, 2.24) is 10.6 Å². The summed E-state index contributed by atoms with van der Waals surface area (Å²) in [5.41, 5.74) is 1.24. The van der Waals surface area contributed by atoms with Crippen LogP contribution in [0.2, 0.25) is 0 Å². The fourth-order valence-corrected chi connectivity index (χ4v) is 4.23. The number of rotatable bonds is 7. The fraction of sp³-hybridized carbons (Fsp3) is 0.556. The van der Waals surface area contributed by atoms with Crippen LogP contribution < -0.4 is 16.0 Å². The maximum atomic E-state index is 12.6. The van der Waals surface area contributed by atoms with Crippen molar-refractivity contribution in [3.63, 3.8) is 0 Å². The van der Waals surface area contributed by atoms with Crippen molar-refractivity contribution in [2.45, 2.75) is 52.5 Å². The number of thiophene rings is 1. The zero-order valence-corrected chi connectivity index (χ0v) is 16.6. The molecule has 1 aromatic heterocycles. The molecule has 8 nitrogen and oxygen atoms in total. The standard InChI is InChI=1S/C18H25N3O5S/c1-4-19-16(24)10(2)20-14(23)9-26-18(25)15-12-7-5-6-8-13(12)27-17(15)21-11(3)22/h10H,4-9H2,1-3H3,(H,19,24)(H,20,23)(H,21,22)/t10-/m1/s1. The molecule has 0 bridgehead atoms. The van der Waals surface area contributed by atoms with Crippen LogP contribution in [0.25, 0.3) is 0 Å². The Morgan fingerprint density at radius 1 is 1.19 bits per heavy atom. The average Bonchev–Trinajstić information content (AvgIpc) is 2.96. The Kier molecular flexibility index (Phi) is 7.35. The van der Waals surface area contributed by atoms with Crippen molar-refractivity contribution >= 4 is 40.0 Å². The Hall–Kier alpha value is -2.42. The molecular formula is C18H25N3O5S. The van der Waals surface area contributed by atoms with Gasteiger partial charge in [-0.3, -0.25) is 14.4 Å². The van der Waals surface area contributed by atoms with Gasteiger partial charge in [-0.25, -0.2) is 4.79 Å². The third-order valence-electron chi connectivity index (χ3n) is 4.12. The van der Waals surface area contributed by atoms with Crippen molar-refractivity contribution in [2.75, 3.05) is 18.5 Å². The Bertz CT molecular complexity index is 744. The van der Waals surface area contributed by atoms with Gasteiger partial charge in [-0.05, 0) is 45.1 Å². The van der Waals surface area contributed by atoms with E-state index < -0.39 is 24.5 Å². The minimum absolute atomic E-state index is 0.267. The van der Waals surface area contributed by atoms with Crippen LogP contribution >= 0.6 is 11.3 Å². The van der Waals surface area contributed by atoms with Crippen molar-refractivity contribution in [1.29, 1.82) is 0 Å². The predicted molar refractivity (Wildman–Crippen MR) is 102 cm³/mol. The van der Waals surface area contributed by atoms with E-state index in [9.17, 15) is 19.2 Å². The van der Waals surface area contributed by atoms with Crippen LogP contribution in [0.5, 0.6) is 0 Å². The van der Waals surface area contributed by atoms with Crippen LogP contribution in [0.4, 0.5) is 5.00 Å². The summed E-state index contributed by atoms with van der Waals surface area (Å²) in [6.07, 6.45) is 3.62. The molecule has 0 fully saturated rings. The molecule has 1 aromatic rings. The molecule has 0 aliphatic heterocycles. The summed E-state index contributed by atoms with van der Waals surface area (Å²) < 4.78 is 5.15. The van der Waals surface area contributed by atoms with Crippen LogP contribution in [0.1, 0.15) is 54.4 Å². The van der Waals surface area contributed by atoms with Crippen molar-refractivity contribution in [3.8, 4) is 0 Å². The van der Waals surface area contributed by atoms with Gasteiger partial charge in [-0.2, -0.15) is 0 Å². The topological polar surface area (TPSA) is 114 Å². The molecule has 1 atom stereocenters. The second kappa shape index (κ2) is 9.50. The molecule has 1 aliphatic rings. The molecule has 1 heterocycles. The minimum Gasteiger partial charge on any atom is -0.452 e. The quantitative estimate of drug-likeness (QED) is 0.604. The first kappa shape index (κ1) is 20.9. The third-order valence-corrected chi connectivity index (χ3v) is 5.33. The molecule has 0 saturated carbocycles. The second-order valence-corrected chi connectivity index (χ2v) is 7.46. The van der Waals surface area contributed by atoms with Crippen molar-refractivity contribution < 1.29 is 23.9 Å². The van der Waals surface area contributed by atoms with Crippen LogP contribution in [-0.2, 0) is 32.0 Å². The molecule has 1 aliphatic carbocycles. The maximum absolute atomic E-state index is 12.6. The summed E-state index contributed by atoms with van der Waals surface area (Å²) in [6, 6.07) is -0.722. The molecule has 3 N–H and O–H groups in total. The van der Waals surface area contributed by atoms with Gasteiger partial charge in [0.25, 0.3) is 5.91 Å². The first-order valence-corrected chi connectivity index (χ1v) is 9.81. The number of aryl methyl sites for hydroxylation is 1. The smallest absolute Gasteiger partial charge is 0.341 e. The number of nitrogens with one attached hydrogen (secondary N) is 3. The SMILES string of the molecule is CCNC(=O)[C@@H](C)NC(=O)COC(=O)c1c(NC(C)=O)sc2c1CCCC2. The number of hydrogen-bond donors (Lipinski definition) is 3. The number of likely N-dealkylation sites (N-methyl/N-ethyl adjacent to an activating group) is 1. The monoisotopic (exact) mass is 395 g/mol. The van der Waals surface area contributed by atoms with Crippen LogP contribution in [0.15, 0.2) is 0 Å². The van der Waals surface area contributed by atoms with E-state index in [1.165, 1.54) is 18.3 Å². The lowest BCUT2D eigenvalue weighted by Gasteiger charge is -2.14. The zero-order chi connectivity index (χ0) is 20.0.